The Labute approximate surface area is 507 Å². The van der Waals surface area contributed by atoms with Crippen LogP contribution in [0.25, 0.3) is 117 Å². The summed E-state index contributed by atoms with van der Waals surface area (Å²) < 4.78 is 7.18. The Bertz CT molecular complexity index is 4730. The number of rotatable bonds is 7. The van der Waals surface area contributed by atoms with Crippen LogP contribution in [0.1, 0.15) is 132 Å². The predicted molar refractivity (Wildman–Crippen MR) is 364 cm³/mol. The second kappa shape index (κ2) is 20.1. The number of fused-ring (bicyclic) bond motifs is 7. The Balaban J connectivity index is 1.05. The molecule has 0 saturated heterocycles. The number of para-hydroxylation sites is 4. The minimum absolute atomic E-state index is 0.0204. The van der Waals surface area contributed by atoms with Gasteiger partial charge in [0.1, 0.15) is 11.6 Å². The highest BCUT2D eigenvalue weighted by molar-refractivity contribution is 6.11. The molecule has 430 valence electrons. The van der Waals surface area contributed by atoms with Crippen molar-refractivity contribution < 1.29 is 5.11 Å². The molecule has 0 spiro atoms. The van der Waals surface area contributed by atoms with Crippen molar-refractivity contribution >= 4 is 54.6 Å². The number of phenolic OH excluding ortho intramolecular Hbond substituents is 1. The van der Waals surface area contributed by atoms with Gasteiger partial charge in [0.25, 0.3) is 0 Å². The number of aromatic nitrogens is 5. The van der Waals surface area contributed by atoms with Gasteiger partial charge in [-0.3, -0.25) is 9.55 Å². The number of aromatic hydroxyl groups is 1. The molecule has 13 rings (SSSR count). The van der Waals surface area contributed by atoms with E-state index in [9.17, 15) is 5.11 Å². The van der Waals surface area contributed by atoms with Crippen molar-refractivity contribution in [1.82, 2.24) is 23.7 Å². The molecule has 0 aliphatic rings. The van der Waals surface area contributed by atoms with Gasteiger partial charge < -0.3 is 14.2 Å². The number of nitrogens with zero attached hydrogens (tertiary/aromatic N) is 5. The maximum Gasteiger partial charge on any atom is 0.149 e. The lowest BCUT2D eigenvalue weighted by Gasteiger charge is -2.27. The van der Waals surface area contributed by atoms with Gasteiger partial charge in [-0.2, -0.15) is 0 Å². The lowest BCUT2D eigenvalue weighted by atomic mass is 9.80. The molecule has 0 amide bonds. The molecule has 6 heteroatoms. The van der Waals surface area contributed by atoms with Crippen LogP contribution in [0.4, 0.5) is 0 Å². The number of phenols is 1. The van der Waals surface area contributed by atoms with Gasteiger partial charge in [-0.1, -0.05) is 195 Å². The van der Waals surface area contributed by atoms with E-state index in [0.717, 1.165) is 67.0 Å². The van der Waals surface area contributed by atoms with Gasteiger partial charge in [0.05, 0.1) is 44.4 Å². The number of pyridine rings is 1. The monoisotopic (exact) mass is 1130 g/mol. The number of hydrogen-bond acceptors (Lipinski definition) is 3. The van der Waals surface area contributed by atoms with Crippen molar-refractivity contribution in [3.05, 3.63) is 228 Å². The zero-order valence-corrected chi connectivity index (χ0v) is 52.7. The quantitative estimate of drug-likeness (QED) is 0.173. The Morgan fingerprint density at radius 1 is 0.314 bits per heavy atom. The Morgan fingerprint density at radius 2 is 0.744 bits per heavy atom. The van der Waals surface area contributed by atoms with Crippen LogP contribution in [0.15, 0.2) is 200 Å². The minimum Gasteiger partial charge on any atom is -0.507 e. The molecular formula is C80H79N5O. The van der Waals surface area contributed by atoms with Gasteiger partial charge in [0, 0.05) is 55.9 Å². The van der Waals surface area contributed by atoms with Crippen LogP contribution in [0.2, 0.25) is 0 Å². The van der Waals surface area contributed by atoms with E-state index in [1.807, 2.05) is 24.4 Å². The molecule has 13 aromatic rings. The van der Waals surface area contributed by atoms with Crippen molar-refractivity contribution in [2.24, 2.45) is 0 Å². The fraction of sp³-hybridized carbons (Fsp3) is 0.250. The lowest BCUT2D eigenvalue weighted by Crippen LogP contribution is -2.17. The summed E-state index contributed by atoms with van der Waals surface area (Å²) in [5.41, 5.74) is 22.0. The minimum atomic E-state index is -0.234. The fourth-order valence-corrected chi connectivity index (χ4v) is 12.6. The van der Waals surface area contributed by atoms with Crippen molar-refractivity contribution in [2.75, 3.05) is 0 Å². The Kier molecular flexibility index (Phi) is 13.1. The number of imidazole rings is 1. The molecule has 0 atom stereocenters. The normalized spacial score (nSPS) is 12.9. The van der Waals surface area contributed by atoms with Crippen LogP contribution in [-0.4, -0.2) is 28.8 Å². The third kappa shape index (κ3) is 9.87. The second-order valence-electron chi connectivity index (χ2n) is 29.1. The summed E-state index contributed by atoms with van der Waals surface area (Å²) in [5.74, 6) is 0.837. The molecule has 0 saturated carbocycles. The zero-order chi connectivity index (χ0) is 60.6. The molecule has 0 unspecified atom stereocenters. The summed E-state index contributed by atoms with van der Waals surface area (Å²) >= 11 is 0. The molecule has 0 fully saturated rings. The average molecular weight is 1130 g/mol. The van der Waals surface area contributed by atoms with Crippen LogP contribution < -0.4 is 0 Å². The van der Waals surface area contributed by atoms with Crippen LogP contribution in [0.5, 0.6) is 5.75 Å². The van der Waals surface area contributed by atoms with Crippen molar-refractivity contribution in [3.63, 3.8) is 0 Å². The van der Waals surface area contributed by atoms with E-state index in [4.69, 9.17) is 9.97 Å². The van der Waals surface area contributed by atoms with Gasteiger partial charge >= 0.3 is 0 Å². The van der Waals surface area contributed by atoms with E-state index in [0.29, 0.717) is 11.4 Å². The van der Waals surface area contributed by atoms with Crippen molar-refractivity contribution in [1.29, 1.82) is 0 Å². The Hall–Kier alpha value is -9.00. The van der Waals surface area contributed by atoms with E-state index in [-0.39, 0.29) is 32.8 Å². The SMILES string of the molecule is CC(C)(C)c1cc(-c2cc(-c3ccc4c(c3)c3ccccc3n4-c3cc(C(C)(C)C)cc(C(C)(C)C)c3)ccn2)cc(-c2cc(-n3c4ccccc4c4ccccc43)cc3c2nc(-c2ccccc2O)n3-c2cc(C(C)(C)C)cc(C(C)(C)C)c2)c1. The molecule has 0 radical (unpaired) electrons. The predicted octanol–water partition coefficient (Wildman–Crippen LogP) is 21.5. The van der Waals surface area contributed by atoms with Gasteiger partial charge in [-0.05, 0) is 175 Å². The van der Waals surface area contributed by atoms with Crippen molar-refractivity contribution in [2.45, 2.75) is 131 Å². The summed E-state index contributed by atoms with van der Waals surface area (Å²) in [7, 11) is 0. The summed E-state index contributed by atoms with van der Waals surface area (Å²) in [5, 5.41) is 16.7. The fourth-order valence-electron chi connectivity index (χ4n) is 12.6. The summed E-state index contributed by atoms with van der Waals surface area (Å²) in [6, 6.07) is 71.1. The third-order valence-electron chi connectivity index (χ3n) is 17.7. The first-order valence-electron chi connectivity index (χ1n) is 30.5. The van der Waals surface area contributed by atoms with Gasteiger partial charge in [-0.25, -0.2) is 4.98 Å². The molecule has 9 aromatic carbocycles. The molecular weight excluding hydrogens is 1050 g/mol. The van der Waals surface area contributed by atoms with Gasteiger partial charge in [0.2, 0.25) is 0 Å². The largest absolute Gasteiger partial charge is 0.507 e. The van der Waals surface area contributed by atoms with Crippen LogP contribution >= 0.6 is 0 Å². The standard InChI is InChI=1S/C80H79N5O/c1-76(2,3)53-37-51(36-52(38-53)67-40-50(34-35-81-67)49-32-33-71-66(39-49)63-26-18-22-30-70(63)83(71)58-43-54(77(4,5)6)41-55(44-58)78(7,8)9)65-47-60(84-68-28-20-16-24-61(68)62-25-17-21-29-69(62)84)48-72-74(65)82-75(64-27-19-23-31-73(64)86)85(72)59-45-56(79(10,11)12)42-57(46-59)80(13,14)15/h16-48,86H,1-15H3. The van der Waals surface area contributed by atoms with E-state index < -0.39 is 0 Å². The summed E-state index contributed by atoms with van der Waals surface area (Å²) in [6.07, 6.45) is 1.96. The van der Waals surface area contributed by atoms with Crippen LogP contribution in [0, 0.1) is 0 Å². The topological polar surface area (TPSA) is 60.8 Å². The summed E-state index contributed by atoms with van der Waals surface area (Å²) in [4.78, 5) is 11.0. The van der Waals surface area contributed by atoms with E-state index >= 15 is 0 Å². The highest BCUT2D eigenvalue weighted by Crippen LogP contribution is 2.45. The zero-order valence-electron chi connectivity index (χ0n) is 52.7. The molecule has 6 nitrogen and oxygen atoms in total. The molecule has 0 bridgehead atoms. The Morgan fingerprint density at radius 3 is 1.27 bits per heavy atom. The first kappa shape index (κ1) is 56.1. The van der Waals surface area contributed by atoms with Crippen LogP contribution in [-0.2, 0) is 27.1 Å². The highest BCUT2D eigenvalue weighted by Gasteiger charge is 2.29. The molecule has 4 heterocycles. The molecule has 0 aliphatic carbocycles. The maximum atomic E-state index is 11.9. The van der Waals surface area contributed by atoms with Crippen molar-refractivity contribution in [3.8, 4) is 67.7 Å². The number of benzene rings is 9. The number of hydrogen-bond donors (Lipinski definition) is 1. The first-order valence-corrected chi connectivity index (χ1v) is 30.5. The van der Waals surface area contributed by atoms with Crippen LogP contribution in [0.3, 0.4) is 0 Å². The van der Waals surface area contributed by atoms with E-state index in [1.54, 1.807) is 6.07 Å². The van der Waals surface area contributed by atoms with E-state index in [1.165, 1.54) is 66.1 Å². The maximum absolute atomic E-state index is 11.9. The van der Waals surface area contributed by atoms with Gasteiger partial charge in [0.15, 0.2) is 0 Å². The lowest BCUT2D eigenvalue weighted by molar-refractivity contribution is 0.477. The van der Waals surface area contributed by atoms with Gasteiger partial charge in [-0.15, -0.1) is 0 Å². The summed E-state index contributed by atoms with van der Waals surface area (Å²) in [6.45, 7) is 34.4. The molecule has 86 heavy (non-hydrogen) atoms. The average Bonchev–Trinajstić information content (AvgIpc) is 1.62. The third-order valence-corrected chi connectivity index (χ3v) is 17.7. The second-order valence-corrected chi connectivity index (χ2v) is 29.1. The molecule has 4 aromatic heterocycles. The molecule has 1 N–H and O–H groups in total. The smallest absolute Gasteiger partial charge is 0.149 e. The molecule has 0 aliphatic heterocycles. The highest BCUT2D eigenvalue weighted by atomic mass is 16.3. The van der Waals surface area contributed by atoms with E-state index in [2.05, 4.69) is 287 Å². The first-order chi connectivity index (χ1) is 40.7.